The van der Waals surface area contributed by atoms with Gasteiger partial charge < -0.3 is 23.9 Å². The minimum absolute atomic E-state index is 0.00287. The van der Waals surface area contributed by atoms with E-state index in [9.17, 15) is 38.2 Å². The zero-order chi connectivity index (χ0) is 26.3. The summed E-state index contributed by atoms with van der Waals surface area (Å²) in [5, 5.41) is 26.9. The van der Waals surface area contributed by atoms with Crippen LogP contribution < -0.4 is 4.90 Å². The van der Waals surface area contributed by atoms with Crippen molar-refractivity contribution in [3.8, 4) is 0 Å². The Morgan fingerprint density at radius 2 is 1.75 bits per heavy atom. The molecule has 2 atom stereocenters. The molecule has 0 amide bonds. The molecular weight excluding hydrogens is 497 g/mol. The Morgan fingerprint density at radius 1 is 1.17 bits per heavy atom. The van der Waals surface area contributed by atoms with Crippen molar-refractivity contribution >= 4 is 28.7 Å². The third-order valence-corrected chi connectivity index (χ3v) is 6.24. The van der Waals surface area contributed by atoms with Crippen LogP contribution in [-0.4, -0.2) is 66.3 Å². The van der Waals surface area contributed by atoms with Crippen molar-refractivity contribution in [2.75, 3.05) is 37.8 Å². The first-order chi connectivity index (χ1) is 17.0. The summed E-state index contributed by atoms with van der Waals surface area (Å²) in [5.41, 5.74) is -3.98. The fourth-order valence-corrected chi connectivity index (χ4v) is 4.42. The van der Waals surface area contributed by atoms with Crippen molar-refractivity contribution in [3.05, 3.63) is 37.9 Å². The number of carbonyl (C=O) groups is 1. The molecule has 196 valence electrons. The number of carbonyl (C=O) groups excluding carboxylic acids is 1. The quantitative estimate of drug-likeness (QED) is 0.323. The van der Waals surface area contributed by atoms with Crippen molar-refractivity contribution in [2.45, 2.75) is 37.8 Å². The number of fused-ring (bicyclic) bond motifs is 1. The lowest BCUT2D eigenvalue weighted by molar-refractivity contribution is -0.393. The molecule has 0 unspecified atom stereocenters. The predicted molar refractivity (Wildman–Crippen MR) is 113 cm³/mol. The molecular formula is C20H21F3N4O9. The van der Waals surface area contributed by atoms with E-state index < -0.39 is 62.4 Å². The second kappa shape index (κ2) is 9.50. The fourth-order valence-electron chi connectivity index (χ4n) is 4.42. The van der Waals surface area contributed by atoms with Crippen LogP contribution in [0, 0.1) is 26.1 Å². The number of benzene rings is 1. The highest BCUT2D eigenvalue weighted by Crippen LogP contribution is 2.45. The van der Waals surface area contributed by atoms with Crippen LogP contribution in [0.4, 0.5) is 30.2 Å². The van der Waals surface area contributed by atoms with Gasteiger partial charge in [-0.15, -0.1) is 0 Å². The van der Waals surface area contributed by atoms with E-state index in [0.717, 1.165) is 0 Å². The molecule has 2 fully saturated rings. The van der Waals surface area contributed by atoms with Gasteiger partial charge in [-0.1, -0.05) is 5.16 Å². The number of oxime groups is 1. The molecule has 0 aliphatic carbocycles. The zero-order valence-corrected chi connectivity index (χ0v) is 18.9. The van der Waals surface area contributed by atoms with E-state index in [4.69, 9.17) is 19.0 Å². The van der Waals surface area contributed by atoms with E-state index in [2.05, 4.69) is 5.16 Å². The Hall–Kier alpha value is -3.53. The third kappa shape index (κ3) is 4.77. The van der Waals surface area contributed by atoms with E-state index >= 15 is 0 Å². The first-order valence-corrected chi connectivity index (χ1v) is 10.9. The average Bonchev–Trinajstić information content (AvgIpc) is 3.16. The number of rotatable bonds is 5. The second-order valence-corrected chi connectivity index (χ2v) is 8.34. The minimum atomic E-state index is -5.01. The van der Waals surface area contributed by atoms with E-state index in [-0.39, 0.29) is 51.5 Å². The maximum absolute atomic E-state index is 13.2. The van der Waals surface area contributed by atoms with Gasteiger partial charge in [0.05, 0.1) is 41.1 Å². The Balaban J connectivity index is 1.54. The molecule has 36 heavy (non-hydrogen) atoms. The number of nitro groups is 2. The number of ether oxygens (including phenoxy) is 3. The smallest absolute Gasteiger partial charge is 0.416 e. The molecule has 4 rings (SSSR count). The highest BCUT2D eigenvalue weighted by Gasteiger charge is 2.48. The second-order valence-electron chi connectivity index (χ2n) is 8.34. The molecule has 0 aromatic heterocycles. The molecule has 1 aromatic rings. The topological polar surface area (TPSA) is 156 Å². The van der Waals surface area contributed by atoms with E-state index in [1.54, 1.807) is 6.92 Å². The van der Waals surface area contributed by atoms with Crippen LogP contribution in [0.2, 0.25) is 0 Å². The lowest BCUT2D eigenvalue weighted by atomic mass is 9.99. The number of halogens is 3. The summed E-state index contributed by atoms with van der Waals surface area (Å²) in [4.78, 5) is 39.7. The number of esters is 1. The summed E-state index contributed by atoms with van der Waals surface area (Å²) in [5.74, 6) is -2.36. The van der Waals surface area contributed by atoms with Crippen LogP contribution in [0.25, 0.3) is 0 Å². The first kappa shape index (κ1) is 25.6. The predicted octanol–water partition coefficient (Wildman–Crippen LogP) is 2.80. The molecule has 1 spiro atoms. The molecule has 0 saturated carbocycles. The van der Waals surface area contributed by atoms with E-state index in [0.29, 0.717) is 12.1 Å². The number of anilines is 1. The molecule has 1 aromatic carbocycles. The van der Waals surface area contributed by atoms with Gasteiger partial charge in [-0.2, -0.15) is 13.2 Å². The summed E-state index contributed by atoms with van der Waals surface area (Å²) in [6.07, 6.45) is -5.42. The van der Waals surface area contributed by atoms with Crippen LogP contribution >= 0.6 is 0 Å². The van der Waals surface area contributed by atoms with Crippen LogP contribution in [-0.2, 0) is 30.0 Å². The first-order valence-electron chi connectivity index (χ1n) is 10.9. The number of nitro benzene ring substituents is 2. The van der Waals surface area contributed by atoms with Gasteiger partial charge in [0.2, 0.25) is 0 Å². The van der Waals surface area contributed by atoms with Crippen molar-refractivity contribution in [1.82, 2.24) is 0 Å². The van der Waals surface area contributed by atoms with Gasteiger partial charge in [0.25, 0.3) is 11.4 Å². The molecule has 3 heterocycles. The Labute approximate surface area is 201 Å². The molecule has 16 heteroatoms. The summed E-state index contributed by atoms with van der Waals surface area (Å²) < 4.78 is 56.5. The largest absolute Gasteiger partial charge is 0.461 e. The van der Waals surface area contributed by atoms with Gasteiger partial charge in [0.15, 0.2) is 23.3 Å². The summed E-state index contributed by atoms with van der Waals surface area (Å²) in [6.45, 7) is 1.73. The molecule has 3 aliphatic heterocycles. The van der Waals surface area contributed by atoms with Crippen molar-refractivity contribution in [1.29, 1.82) is 0 Å². The molecule has 13 nitrogen and oxygen atoms in total. The van der Waals surface area contributed by atoms with Gasteiger partial charge >= 0.3 is 12.1 Å². The van der Waals surface area contributed by atoms with Gasteiger partial charge in [-0.3, -0.25) is 20.2 Å². The molecule has 0 N–H and O–H groups in total. The normalized spacial score (nSPS) is 23.3. The monoisotopic (exact) mass is 518 g/mol. The standard InChI is InChI=1S/C20H21F3N4O9/c1-2-33-18(28)16-12-9-34-19(35-10-15(12)36-24-16)3-5-25(6-4-19)17-13(26(29)30)7-11(20(21,22)23)8-14(17)27(31)32/h7-8,12,15H,2-6,9-10H2,1H3/t12-,15-/m0/s1. The summed E-state index contributed by atoms with van der Waals surface area (Å²) in [7, 11) is 0. The minimum Gasteiger partial charge on any atom is -0.461 e. The highest BCUT2D eigenvalue weighted by atomic mass is 19.4. The number of hydrogen-bond acceptors (Lipinski definition) is 11. The van der Waals surface area contributed by atoms with Crippen molar-refractivity contribution < 1.29 is 46.9 Å². The lowest BCUT2D eigenvalue weighted by Gasteiger charge is -2.41. The Morgan fingerprint density at radius 3 is 2.28 bits per heavy atom. The zero-order valence-electron chi connectivity index (χ0n) is 18.9. The highest BCUT2D eigenvalue weighted by molar-refractivity contribution is 6.37. The van der Waals surface area contributed by atoms with Crippen molar-refractivity contribution in [3.63, 3.8) is 0 Å². The Kier molecular flexibility index (Phi) is 6.74. The van der Waals surface area contributed by atoms with Crippen LogP contribution in [0.1, 0.15) is 25.3 Å². The third-order valence-electron chi connectivity index (χ3n) is 6.24. The number of nitrogens with zero attached hydrogens (tertiary/aromatic N) is 4. The molecule has 3 aliphatic rings. The maximum atomic E-state index is 13.2. The van der Waals surface area contributed by atoms with Crippen molar-refractivity contribution in [2.24, 2.45) is 11.1 Å². The maximum Gasteiger partial charge on any atom is 0.416 e. The van der Waals surface area contributed by atoms with Gasteiger partial charge in [0, 0.05) is 38.1 Å². The van der Waals surface area contributed by atoms with Crippen LogP contribution in [0.3, 0.4) is 0 Å². The molecule has 2 saturated heterocycles. The number of hydrogen-bond donors (Lipinski definition) is 0. The number of alkyl halides is 3. The van der Waals surface area contributed by atoms with E-state index in [1.807, 2.05) is 0 Å². The fraction of sp³-hybridized carbons (Fsp3) is 0.600. The SMILES string of the molecule is CCOC(=O)C1=NO[C@H]2COC3(CCN(c4c([N+](=O)[O-])cc(C(F)(F)F)cc4[N+](=O)[O-])CC3)OC[C@H]12. The van der Waals surface area contributed by atoms with Gasteiger partial charge in [0.1, 0.15) is 0 Å². The lowest BCUT2D eigenvalue weighted by Crippen LogP contribution is -2.48. The van der Waals surface area contributed by atoms with Crippen LogP contribution in [0.5, 0.6) is 0 Å². The van der Waals surface area contributed by atoms with Crippen LogP contribution in [0.15, 0.2) is 17.3 Å². The Bertz CT molecular complexity index is 1070. The average molecular weight is 518 g/mol. The van der Waals surface area contributed by atoms with Gasteiger partial charge in [-0.25, -0.2) is 4.79 Å². The summed E-state index contributed by atoms with van der Waals surface area (Å²) in [6, 6.07) is 0.584. The summed E-state index contributed by atoms with van der Waals surface area (Å²) >= 11 is 0. The molecule has 0 radical (unpaired) electrons. The number of piperidine rings is 1. The van der Waals surface area contributed by atoms with Gasteiger partial charge in [-0.05, 0) is 6.92 Å². The molecule has 0 bridgehead atoms. The van der Waals surface area contributed by atoms with E-state index in [1.165, 1.54) is 4.90 Å².